The number of hydrogen-bond acceptors (Lipinski definition) is 4. The Labute approximate surface area is 71.5 Å². The number of esters is 1. The lowest BCUT2D eigenvalue weighted by molar-refractivity contribution is -0.138. The van der Waals surface area contributed by atoms with Crippen molar-refractivity contribution in [3.63, 3.8) is 0 Å². The van der Waals surface area contributed by atoms with E-state index in [-0.39, 0.29) is 13.2 Å². The van der Waals surface area contributed by atoms with Gasteiger partial charge in [0.2, 0.25) is 0 Å². The smallest absolute Gasteiger partial charge is 0.330 e. The average Bonchev–Trinajstić information content (AvgIpc) is 2.04. The van der Waals surface area contributed by atoms with Gasteiger partial charge in [0.05, 0.1) is 12.7 Å². The van der Waals surface area contributed by atoms with Crippen molar-refractivity contribution in [3.8, 4) is 0 Å². The van der Waals surface area contributed by atoms with Crippen LogP contribution < -0.4 is 0 Å². The monoisotopic (exact) mass is 174 g/mol. The molecule has 0 heterocycles. The first kappa shape index (κ1) is 11.1. The van der Waals surface area contributed by atoms with Crippen molar-refractivity contribution < 1.29 is 19.7 Å². The SMILES string of the molecule is C=CC(=O)OCCC(O)CCO. The highest BCUT2D eigenvalue weighted by molar-refractivity contribution is 5.81. The summed E-state index contributed by atoms with van der Waals surface area (Å²) in [5, 5.41) is 17.5. The van der Waals surface area contributed by atoms with E-state index in [1.54, 1.807) is 0 Å². The van der Waals surface area contributed by atoms with Crippen molar-refractivity contribution in [1.82, 2.24) is 0 Å². The fourth-order valence-electron chi connectivity index (χ4n) is 0.648. The molecule has 4 nitrogen and oxygen atoms in total. The largest absolute Gasteiger partial charge is 0.462 e. The van der Waals surface area contributed by atoms with E-state index in [9.17, 15) is 4.79 Å². The number of carbonyl (C=O) groups is 1. The van der Waals surface area contributed by atoms with E-state index in [1.807, 2.05) is 0 Å². The normalized spacial score (nSPS) is 12.2. The number of carbonyl (C=O) groups excluding carboxylic acids is 1. The Morgan fingerprint density at radius 2 is 2.25 bits per heavy atom. The maximum atomic E-state index is 10.5. The lowest BCUT2D eigenvalue weighted by atomic mass is 10.2. The van der Waals surface area contributed by atoms with E-state index in [0.29, 0.717) is 12.8 Å². The van der Waals surface area contributed by atoms with Crippen LogP contribution in [0.4, 0.5) is 0 Å². The molecule has 0 spiro atoms. The Hall–Kier alpha value is -0.870. The van der Waals surface area contributed by atoms with Crippen molar-refractivity contribution >= 4 is 5.97 Å². The molecule has 0 amide bonds. The van der Waals surface area contributed by atoms with Gasteiger partial charge < -0.3 is 14.9 Å². The molecule has 0 aliphatic carbocycles. The summed E-state index contributed by atoms with van der Waals surface area (Å²) in [5.41, 5.74) is 0. The molecule has 0 saturated carbocycles. The lowest BCUT2D eigenvalue weighted by Gasteiger charge is -2.07. The second-order valence-electron chi connectivity index (χ2n) is 2.33. The lowest BCUT2D eigenvalue weighted by Crippen LogP contribution is -2.13. The molecule has 1 atom stereocenters. The van der Waals surface area contributed by atoms with Gasteiger partial charge in [0.25, 0.3) is 0 Å². The zero-order chi connectivity index (χ0) is 9.40. The molecule has 0 aromatic rings. The highest BCUT2D eigenvalue weighted by Crippen LogP contribution is 1.97. The number of ether oxygens (including phenoxy) is 1. The highest BCUT2D eigenvalue weighted by atomic mass is 16.5. The van der Waals surface area contributed by atoms with Crippen LogP contribution in [0.25, 0.3) is 0 Å². The van der Waals surface area contributed by atoms with E-state index in [0.717, 1.165) is 6.08 Å². The van der Waals surface area contributed by atoms with Gasteiger partial charge >= 0.3 is 5.97 Å². The molecule has 0 aromatic carbocycles. The molecule has 4 heteroatoms. The van der Waals surface area contributed by atoms with Gasteiger partial charge in [-0.15, -0.1) is 0 Å². The first-order chi connectivity index (χ1) is 5.70. The Morgan fingerprint density at radius 3 is 2.75 bits per heavy atom. The van der Waals surface area contributed by atoms with Gasteiger partial charge in [-0.3, -0.25) is 0 Å². The first-order valence-corrected chi connectivity index (χ1v) is 3.78. The van der Waals surface area contributed by atoms with Crippen molar-refractivity contribution in [2.45, 2.75) is 18.9 Å². The maximum absolute atomic E-state index is 10.5. The Morgan fingerprint density at radius 1 is 1.58 bits per heavy atom. The molecule has 1 unspecified atom stereocenters. The van der Waals surface area contributed by atoms with Crippen LogP contribution in [0.3, 0.4) is 0 Å². The Balaban J connectivity index is 3.30. The van der Waals surface area contributed by atoms with Gasteiger partial charge in [-0.25, -0.2) is 4.79 Å². The molecule has 70 valence electrons. The summed E-state index contributed by atoms with van der Waals surface area (Å²) in [6, 6.07) is 0. The van der Waals surface area contributed by atoms with Crippen LogP contribution in [0.15, 0.2) is 12.7 Å². The first-order valence-electron chi connectivity index (χ1n) is 3.78. The summed E-state index contributed by atoms with van der Waals surface area (Å²) >= 11 is 0. The summed E-state index contributed by atoms with van der Waals surface area (Å²) < 4.78 is 4.61. The van der Waals surface area contributed by atoms with Crippen LogP contribution in [0.1, 0.15) is 12.8 Å². The highest BCUT2D eigenvalue weighted by Gasteiger charge is 2.03. The van der Waals surface area contributed by atoms with Gasteiger partial charge in [-0.1, -0.05) is 6.58 Å². The van der Waals surface area contributed by atoms with Crippen molar-refractivity contribution in [2.24, 2.45) is 0 Å². The molecule has 0 radical (unpaired) electrons. The van der Waals surface area contributed by atoms with Gasteiger partial charge in [-0.05, 0) is 6.42 Å². The Kier molecular flexibility index (Phi) is 6.32. The number of aliphatic hydroxyl groups is 2. The average molecular weight is 174 g/mol. The zero-order valence-corrected chi connectivity index (χ0v) is 6.90. The number of aliphatic hydroxyl groups excluding tert-OH is 2. The third-order valence-corrected chi connectivity index (χ3v) is 1.32. The van der Waals surface area contributed by atoms with Gasteiger partial charge in [0.1, 0.15) is 0 Å². The molecule has 12 heavy (non-hydrogen) atoms. The van der Waals surface area contributed by atoms with E-state index in [1.165, 1.54) is 0 Å². The molecule has 2 N–H and O–H groups in total. The van der Waals surface area contributed by atoms with Crippen LogP contribution in [-0.2, 0) is 9.53 Å². The van der Waals surface area contributed by atoms with Crippen molar-refractivity contribution in [3.05, 3.63) is 12.7 Å². The van der Waals surface area contributed by atoms with E-state index >= 15 is 0 Å². The molecular weight excluding hydrogens is 160 g/mol. The minimum absolute atomic E-state index is 0.0590. The maximum Gasteiger partial charge on any atom is 0.330 e. The van der Waals surface area contributed by atoms with Crippen molar-refractivity contribution in [2.75, 3.05) is 13.2 Å². The Bertz CT molecular complexity index is 144. The van der Waals surface area contributed by atoms with E-state index in [4.69, 9.17) is 10.2 Å². The summed E-state index contributed by atoms with van der Waals surface area (Å²) in [7, 11) is 0. The minimum Gasteiger partial charge on any atom is -0.462 e. The summed E-state index contributed by atoms with van der Waals surface area (Å²) in [6.45, 7) is 3.32. The van der Waals surface area contributed by atoms with Crippen LogP contribution in [0.5, 0.6) is 0 Å². The molecule has 0 rings (SSSR count). The molecule has 0 aliphatic heterocycles. The molecule has 0 saturated heterocycles. The molecule has 0 fully saturated rings. The zero-order valence-electron chi connectivity index (χ0n) is 6.90. The van der Waals surface area contributed by atoms with Gasteiger partial charge in [0, 0.05) is 19.1 Å². The van der Waals surface area contributed by atoms with Gasteiger partial charge in [-0.2, -0.15) is 0 Å². The molecule has 0 aliphatic rings. The molecular formula is C8H14O4. The predicted molar refractivity (Wildman–Crippen MR) is 43.5 cm³/mol. The van der Waals surface area contributed by atoms with Crippen LogP contribution >= 0.6 is 0 Å². The molecule has 0 aromatic heterocycles. The second kappa shape index (κ2) is 6.82. The minimum atomic E-state index is -0.604. The molecule has 0 bridgehead atoms. The second-order valence-corrected chi connectivity index (χ2v) is 2.33. The summed E-state index contributed by atoms with van der Waals surface area (Å²) in [5.74, 6) is -0.494. The summed E-state index contributed by atoms with van der Waals surface area (Å²) in [6.07, 6.45) is 1.12. The van der Waals surface area contributed by atoms with Crippen LogP contribution in [0.2, 0.25) is 0 Å². The number of rotatable bonds is 6. The van der Waals surface area contributed by atoms with E-state index in [2.05, 4.69) is 11.3 Å². The quantitative estimate of drug-likeness (QED) is 0.434. The third-order valence-electron chi connectivity index (χ3n) is 1.32. The van der Waals surface area contributed by atoms with Crippen LogP contribution in [-0.4, -0.2) is 35.5 Å². The number of hydrogen-bond donors (Lipinski definition) is 2. The van der Waals surface area contributed by atoms with Crippen molar-refractivity contribution in [1.29, 1.82) is 0 Å². The van der Waals surface area contributed by atoms with Crippen LogP contribution in [0, 0.1) is 0 Å². The third kappa shape index (κ3) is 5.88. The fourth-order valence-corrected chi connectivity index (χ4v) is 0.648. The van der Waals surface area contributed by atoms with E-state index < -0.39 is 12.1 Å². The topological polar surface area (TPSA) is 66.8 Å². The standard InChI is InChI=1S/C8H14O4/c1-2-8(11)12-6-4-7(10)3-5-9/h2,7,9-10H,1,3-6H2. The predicted octanol–water partition coefficient (Wildman–Crippen LogP) is -0.151. The van der Waals surface area contributed by atoms with Gasteiger partial charge in [0.15, 0.2) is 0 Å². The fraction of sp³-hybridized carbons (Fsp3) is 0.625. The summed E-state index contributed by atoms with van der Waals surface area (Å²) in [4.78, 5) is 10.5.